The molecule has 3 N–H and O–H groups in total. The smallest absolute Gasteiger partial charge is 0.191 e. The summed E-state index contributed by atoms with van der Waals surface area (Å²) >= 11 is 0. The number of hydrogen-bond donors (Lipinski definition) is 3. The second-order valence-corrected chi connectivity index (χ2v) is 8.94. The molecule has 0 radical (unpaired) electrons. The van der Waals surface area contributed by atoms with E-state index in [-0.39, 0.29) is 5.54 Å². The van der Waals surface area contributed by atoms with Crippen LogP contribution in [0.4, 0.5) is 0 Å². The highest BCUT2D eigenvalue weighted by Gasteiger charge is 2.35. The fraction of sp³-hybridized carbons (Fsp3) is 0.708. The summed E-state index contributed by atoms with van der Waals surface area (Å²) < 4.78 is 5.21. The molecule has 168 valence electrons. The normalized spacial score (nSPS) is 21.5. The van der Waals surface area contributed by atoms with Gasteiger partial charge in [0, 0.05) is 58.0 Å². The summed E-state index contributed by atoms with van der Waals surface area (Å²) in [4.78, 5) is 7.00. The SMILES string of the molecule is CN=C(NCC1(NC(C)c2ccccc2)CCCC1)NC1CCN(CCOC)CC1. The number of ether oxygens (including phenoxy) is 1. The van der Waals surface area contributed by atoms with Gasteiger partial charge in [0.25, 0.3) is 0 Å². The standard InChI is InChI=1S/C24H41N5O/c1-20(21-9-5-4-6-10-21)28-24(13-7-8-14-24)19-26-23(25-2)27-22-11-15-29(16-12-22)17-18-30-3/h4-6,9-10,20,22,28H,7-8,11-19H2,1-3H3,(H2,25,26,27). The summed E-state index contributed by atoms with van der Waals surface area (Å²) in [5, 5.41) is 11.3. The van der Waals surface area contributed by atoms with Crippen LogP contribution in [-0.4, -0.2) is 69.4 Å². The Balaban J connectivity index is 1.49. The van der Waals surface area contributed by atoms with Gasteiger partial charge in [-0.1, -0.05) is 43.2 Å². The molecule has 1 atom stereocenters. The van der Waals surface area contributed by atoms with Gasteiger partial charge >= 0.3 is 0 Å². The summed E-state index contributed by atoms with van der Waals surface area (Å²) in [5.41, 5.74) is 1.49. The van der Waals surface area contributed by atoms with Crippen molar-refractivity contribution in [1.82, 2.24) is 20.9 Å². The van der Waals surface area contributed by atoms with E-state index in [0.717, 1.165) is 51.6 Å². The summed E-state index contributed by atoms with van der Waals surface area (Å²) in [7, 11) is 3.65. The van der Waals surface area contributed by atoms with E-state index in [1.807, 2.05) is 7.05 Å². The minimum Gasteiger partial charge on any atom is -0.383 e. The lowest BCUT2D eigenvalue weighted by atomic mass is 9.94. The second-order valence-electron chi connectivity index (χ2n) is 8.94. The van der Waals surface area contributed by atoms with E-state index in [0.29, 0.717) is 12.1 Å². The molecule has 1 aliphatic heterocycles. The van der Waals surface area contributed by atoms with E-state index in [9.17, 15) is 0 Å². The predicted octanol–water partition coefficient (Wildman–Crippen LogP) is 2.93. The first kappa shape index (κ1) is 23.0. The van der Waals surface area contributed by atoms with Gasteiger partial charge in [-0.25, -0.2) is 0 Å². The molecule has 30 heavy (non-hydrogen) atoms. The summed E-state index contributed by atoms with van der Waals surface area (Å²) in [6, 6.07) is 11.6. The molecule has 0 aromatic heterocycles. The maximum Gasteiger partial charge on any atom is 0.191 e. The van der Waals surface area contributed by atoms with Crippen molar-refractivity contribution in [3.05, 3.63) is 35.9 Å². The molecular weight excluding hydrogens is 374 g/mol. The van der Waals surface area contributed by atoms with Gasteiger partial charge in [-0.2, -0.15) is 0 Å². The lowest BCUT2D eigenvalue weighted by Crippen LogP contribution is -2.56. The Hall–Kier alpha value is -1.63. The Morgan fingerprint density at radius 3 is 2.53 bits per heavy atom. The molecular formula is C24H41N5O. The molecule has 1 aromatic rings. The third-order valence-corrected chi connectivity index (χ3v) is 6.74. The van der Waals surface area contributed by atoms with Crippen molar-refractivity contribution >= 4 is 5.96 Å². The predicted molar refractivity (Wildman–Crippen MR) is 125 cm³/mol. The Labute approximate surface area is 182 Å². The topological polar surface area (TPSA) is 60.9 Å². The largest absolute Gasteiger partial charge is 0.383 e. The molecule has 1 aliphatic carbocycles. The molecule has 3 rings (SSSR count). The van der Waals surface area contributed by atoms with Crippen LogP contribution in [0.2, 0.25) is 0 Å². The van der Waals surface area contributed by atoms with Crippen LogP contribution >= 0.6 is 0 Å². The fourth-order valence-electron chi connectivity index (χ4n) is 4.87. The van der Waals surface area contributed by atoms with E-state index in [4.69, 9.17) is 4.74 Å². The van der Waals surface area contributed by atoms with Crippen molar-refractivity contribution in [2.45, 2.75) is 63.1 Å². The van der Waals surface area contributed by atoms with Crippen LogP contribution in [0.3, 0.4) is 0 Å². The third-order valence-electron chi connectivity index (χ3n) is 6.74. The average Bonchev–Trinajstić information content (AvgIpc) is 3.25. The summed E-state index contributed by atoms with van der Waals surface area (Å²) in [6.07, 6.45) is 7.32. The van der Waals surface area contributed by atoms with Crippen LogP contribution in [0.1, 0.15) is 57.1 Å². The van der Waals surface area contributed by atoms with Gasteiger partial charge in [0.15, 0.2) is 5.96 Å². The Bertz CT molecular complexity index is 636. The van der Waals surface area contributed by atoms with Gasteiger partial charge in [0.2, 0.25) is 0 Å². The zero-order chi connectivity index (χ0) is 21.2. The van der Waals surface area contributed by atoms with Crippen molar-refractivity contribution in [3.63, 3.8) is 0 Å². The monoisotopic (exact) mass is 415 g/mol. The van der Waals surface area contributed by atoms with Gasteiger partial charge in [0.05, 0.1) is 6.61 Å². The van der Waals surface area contributed by atoms with E-state index >= 15 is 0 Å². The minimum atomic E-state index is 0.135. The van der Waals surface area contributed by atoms with Gasteiger partial charge in [-0.05, 0) is 38.2 Å². The van der Waals surface area contributed by atoms with Crippen molar-refractivity contribution in [1.29, 1.82) is 0 Å². The molecule has 6 heteroatoms. The third kappa shape index (κ3) is 6.69. The lowest BCUT2D eigenvalue weighted by Gasteiger charge is -2.36. The van der Waals surface area contributed by atoms with Gasteiger partial charge in [-0.15, -0.1) is 0 Å². The van der Waals surface area contributed by atoms with Gasteiger partial charge in [-0.3, -0.25) is 4.99 Å². The molecule has 0 spiro atoms. The Kier molecular flexibility index (Phi) is 8.97. The highest BCUT2D eigenvalue weighted by Crippen LogP contribution is 2.31. The maximum atomic E-state index is 5.21. The number of methoxy groups -OCH3 is 1. The van der Waals surface area contributed by atoms with Crippen LogP contribution < -0.4 is 16.0 Å². The molecule has 1 unspecified atom stereocenters. The zero-order valence-corrected chi connectivity index (χ0v) is 19.1. The second kappa shape index (κ2) is 11.7. The van der Waals surface area contributed by atoms with Crippen LogP contribution in [0.15, 0.2) is 35.3 Å². The first-order valence-corrected chi connectivity index (χ1v) is 11.7. The van der Waals surface area contributed by atoms with Crippen molar-refractivity contribution in [3.8, 4) is 0 Å². The molecule has 2 aliphatic rings. The highest BCUT2D eigenvalue weighted by molar-refractivity contribution is 5.80. The average molecular weight is 416 g/mol. The van der Waals surface area contributed by atoms with Crippen molar-refractivity contribution < 1.29 is 4.74 Å². The molecule has 1 saturated heterocycles. The number of benzene rings is 1. The van der Waals surface area contributed by atoms with Gasteiger partial charge < -0.3 is 25.6 Å². The number of nitrogens with one attached hydrogen (secondary N) is 3. The zero-order valence-electron chi connectivity index (χ0n) is 19.1. The minimum absolute atomic E-state index is 0.135. The first-order valence-electron chi connectivity index (χ1n) is 11.7. The Morgan fingerprint density at radius 1 is 1.20 bits per heavy atom. The van der Waals surface area contributed by atoms with Crippen molar-refractivity contribution in [2.24, 2.45) is 4.99 Å². The van der Waals surface area contributed by atoms with Crippen LogP contribution in [-0.2, 0) is 4.74 Å². The van der Waals surface area contributed by atoms with E-state index < -0.39 is 0 Å². The summed E-state index contributed by atoms with van der Waals surface area (Å²) in [6.45, 7) is 7.29. The molecule has 1 saturated carbocycles. The molecule has 0 bridgehead atoms. The molecule has 0 amide bonds. The number of guanidine groups is 1. The Morgan fingerprint density at radius 2 is 1.90 bits per heavy atom. The van der Waals surface area contributed by atoms with Gasteiger partial charge in [0.1, 0.15) is 0 Å². The van der Waals surface area contributed by atoms with Crippen LogP contribution in [0.5, 0.6) is 0 Å². The summed E-state index contributed by atoms with van der Waals surface area (Å²) in [5.74, 6) is 0.936. The number of aliphatic imine (C=N–C) groups is 1. The molecule has 1 heterocycles. The van der Waals surface area contributed by atoms with Crippen LogP contribution in [0.25, 0.3) is 0 Å². The van der Waals surface area contributed by atoms with E-state index in [1.54, 1.807) is 7.11 Å². The first-order chi connectivity index (χ1) is 14.6. The lowest BCUT2D eigenvalue weighted by molar-refractivity contribution is 0.128. The number of hydrogen-bond acceptors (Lipinski definition) is 4. The maximum absolute atomic E-state index is 5.21. The molecule has 1 aromatic carbocycles. The highest BCUT2D eigenvalue weighted by atomic mass is 16.5. The fourth-order valence-corrected chi connectivity index (χ4v) is 4.87. The van der Waals surface area contributed by atoms with E-state index in [1.165, 1.54) is 31.2 Å². The quantitative estimate of drug-likeness (QED) is 0.428. The molecule has 6 nitrogen and oxygen atoms in total. The number of piperidine rings is 1. The number of rotatable bonds is 9. The van der Waals surface area contributed by atoms with E-state index in [2.05, 4.69) is 63.1 Å². The van der Waals surface area contributed by atoms with Crippen LogP contribution in [0, 0.1) is 0 Å². The number of nitrogens with zero attached hydrogens (tertiary/aromatic N) is 2. The van der Waals surface area contributed by atoms with Crippen molar-refractivity contribution in [2.75, 3.05) is 46.9 Å². The number of likely N-dealkylation sites (tertiary alicyclic amines) is 1. The molecule has 2 fully saturated rings.